The molecule has 0 saturated heterocycles. The molecule has 0 aromatic carbocycles. The van der Waals surface area contributed by atoms with Crippen molar-refractivity contribution in [2.75, 3.05) is 13.2 Å². The third-order valence-electron chi connectivity index (χ3n) is 2.84. The summed E-state index contributed by atoms with van der Waals surface area (Å²) in [5.74, 6) is 0. The quantitative estimate of drug-likeness (QED) is 0.724. The molecule has 2 aromatic rings. The zero-order valence-corrected chi connectivity index (χ0v) is 12.0. The maximum Gasteiger partial charge on any atom is 0.0764 e. The van der Waals surface area contributed by atoms with E-state index in [4.69, 9.17) is 5.11 Å². The van der Waals surface area contributed by atoms with Crippen molar-refractivity contribution < 1.29 is 5.11 Å². The Morgan fingerprint density at radius 1 is 1.00 bits per heavy atom. The molecule has 2 aromatic heterocycles. The average molecular weight is 281 g/mol. The van der Waals surface area contributed by atoms with Crippen LogP contribution >= 0.6 is 22.7 Å². The second-order valence-corrected chi connectivity index (χ2v) is 6.16. The van der Waals surface area contributed by atoms with E-state index >= 15 is 0 Å². The summed E-state index contributed by atoms with van der Waals surface area (Å²) in [6.45, 7) is 1.31. The van der Waals surface area contributed by atoms with Crippen LogP contribution in [-0.2, 0) is 0 Å². The van der Waals surface area contributed by atoms with Crippen LogP contribution in [0.4, 0.5) is 0 Å². The van der Waals surface area contributed by atoms with Crippen molar-refractivity contribution in [3.8, 4) is 0 Å². The Labute approximate surface area is 116 Å². The SMILES string of the molecule is OCCCCCNC(c1cccs1)c1cccs1. The van der Waals surface area contributed by atoms with E-state index in [1.54, 1.807) is 22.7 Å². The van der Waals surface area contributed by atoms with Crippen LogP contribution in [0.15, 0.2) is 35.0 Å². The Morgan fingerprint density at radius 2 is 1.67 bits per heavy atom. The lowest BCUT2D eigenvalue weighted by Gasteiger charge is -2.16. The van der Waals surface area contributed by atoms with Gasteiger partial charge in [0.1, 0.15) is 0 Å². The topological polar surface area (TPSA) is 32.3 Å². The molecule has 4 heteroatoms. The molecule has 2 heterocycles. The van der Waals surface area contributed by atoms with Gasteiger partial charge in [-0.15, -0.1) is 22.7 Å². The summed E-state index contributed by atoms with van der Waals surface area (Å²) < 4.78 is 0. The van der Waals surface area contributed by atoms with Gasteiger partial charge in [-0.05, 0) is 48.7 Å². The Balaban J connectivity index is 1.90. The smallest absolute Gasteiger partial charge is 0.0764 e. The number of unbranched alkanes of at least 4 members (excludes halogenated alkanes) is 2. The number of thiophene rings is 2. The zero-order chi connectivity index (χ0) is 12.6. The Bertz CT molecular complexity index is 377. The first-order chi connectivity index (χ1) is 8.92. The van der Waals surface area contributed by atoms with Crippen LogP contribution in [0.25, 0.3) is 0 Å². The lowest BCUT2D eigenvalue weighted by molar-refractivity contribution is 0.282. The van der Waals surface area contributed by atoms with E-state index in [0.717, 1.165) is 25.8 Å². The molecule has 98 valence electrons. The standard InChI is InChI=1S/C14H19NOS2/c16-9-3-1-2-8-15-14(12-6-4-10-17-12)13-7-5-11-18-13/h4-7,10-11,14-16H,1-3,8-9H2. The van der Waals surface area contributed by atoms with Gasteiger partial charge in [-0.1, -0.05) is 12.1 Å². The largest absolute Gasteiger partial charge is 0.396 e. The predicted molar refractivity (Wildman–Crippen MR) is 79.4 cm³/mol. The minimum atomic E-state index is 0.305. The highest BCUT2D eigenvalue weighted by Gasteiger charge is 2.14. The predicted octanol–water partition coefficient (Wildman–Crippen LogP) is 3.65. The minimum absolute atomic E-state index is 0.305. The molecule has 0 aliphatic rings. The molecule has 2 rings (SSSR count). The Morgan fingerprint density at radius 3 is 2.17 bits per heavy atom. The van der Waals surface area contributed by atoms with Gasteiger partial charge in [0.25, 0.3) is 0 Å². The first kappa shape index (κ1) is 13.7. The summed E-state index contributed by atoms with van der Waals surface area (Å²) in [6, 6.07) is 8.92. The summed E-state index contributed by atoms with van der Waals surface area (Å²) in [4.78, 5) is 2.75. The van der Waals surface area contributed by atoms with Gasteiger partial charge in [0, 0.05) is 16.4 Å². The van der Waals surface area contributed by atoms with E-state index in [-0.39, 0.29) is 0 Å². The van der Waals surface area contributed by atoms with Gasteiger partial charge in [0.15, 0.2) is 0 Å². The summed E-state index contributed by atoms with van der Waals surface area (Å²) >= 11 is 3.60. The summed E-state index contributed by atoms with van der Waals surface area (Å²) in [6.07, 6.45) is 3.11. The molecule has 0 fully saturated rings. The summed E-state index contributed by atoms with van der Waals surface area (Å²) in [5.41, 5.74) is 0. The highest BCUT2D eigenvalue weighted by Crippen LogP contribution is 2.28. The number of rotatable bonds is 8. The van der Waals surface area contributed by atoms with Gasteiger partial charge in [-0.2, -0.15) is 0 Å². The van der Waals surface area contributed by atoms with Gasteiger partial charge in [-0.25, -0.2) is 0 Å². The molecule has 0 spiro atoms. The van der Waals surface area contributed by atoms with Crippen LogP contribution in [0.5, 0.6) is 0 Å². The average Bonchev–Trinajstić information content (AvgIpc) is 3.06. The lowest BCUT2D eigenvalue weighted by Crippen LogP contribution is -2.22. The van der Waals surface area contributed by atoms with E-state index in [1.807, 2.05) is 0 Å². The molecule has 2 N–H and O–H groups in total. The van der Waals surface area contributed by atoms with Crippen LogP contribution in [0.3, 0.4) is 0 Å². The van der Waals surface area contributed by atoms with Gasteiger partial charge in [0.05, 0.1) is 6.04 Å². The van der Waals surface area contributed by atoms with Gasteiger partial charge < -0.3 is 10.4 Å². The molecule has 0 aliphatic heterocycles. The van der Waals surface area contributed by atoms with Crippen molar-refractivity contribution in [1.29, 1.82) is 0 Å². The van der Waals surface area contributed by atoms with E-state index < -0.39 is 0 Å². The van der Waals surface area contributed by atoms with Crippen molar-refractivity contribution in [3.63, 3.8) is 0 Å². The van der Waals surface area contributed by atoms with Gasteiger partial charge in [-0.3, -0.25) is 0 Å². The highest BCUT2D eigenvalue weighted by molar-refractivity contribution is 7.11. The Hall–Kier alpha value is -0.680. The number of hydrogen-bond acceptors (Lipinski definition) is 4. The van der Waals surface area contributed by atoms with Crippen LogP contribution in [-0.4, -0.2) is 18.3 Å². The maximum absolute atomic E-state index is 8.76. The second-order valence-electron chi connectivity index (χ2n) is 4.20. The van der Waals surface area contributed by atoms with Crippen LogP contribution in [0.1, 0.15) is 35.1 Å². The van der Waals surface area contributed by atoms with E-state index in [1.165, 1.54) is 9.75 Å². The Kier molecular flexibility index (Phi) is 5.87. The summed E-state index contributed by atoms with van der Waals surface area (Å²) in [7, 11) is 0. The van der Waals surface area contributed by atoms with Crippen LogP contribution < -0.4 is 5.32 Å². The molecule has 0 amide bonds. The molecule has 2 nitrogen and oxygen atoms in total. The number of nitrogens with one attached hydrogen (secondary N) is 1. The first-order valence-electron chi connectivity index (χ1n) is 6.33. The molecule has 0 aliphatic carbocycles. The van der Waals surface area contributed by atoms with E-state index in [9.17, 15) is 0 Å². The fraction of sp³-hybridized carbons (Fsp3) is 0.429. The van der Waals surface area contributed by atoms with Crippen molar-refractivity contribution in [3.05, 3.63) is 44.8 Å². The molecule has 0 unspecified atom stereocenters. The van der Waals surface area contributed by atoms with Crippen molar-refractivity contribution >= 4 is 22.7 Å². The lowest BCUT2D eigenvalue weighted by atomic mass is 10.2. The van der Waals surface area contributed by atoms with Crippen molar-refractivity contribution in [2.45, 2.75) is 25.3 Å². The molecule has 0 saturated carbocycles. The fourth-order valence-electron chi connectivity index (χ4n) is 1.91. The summed E-state index contributed by atoms with van der Waals surface area (Å²) in [5, 5.41) is 16.6. The highest BCUT2D eigenvalue weighted by atomic mass is 32.1. The fourth-order valence-corrected chi connectivity index (χ4v) is 3.62. The third-order valence-corrected chi connectivity index (χ3v) is 4.71. The van der Waals surface area contributed by atoms with Crippen LogP contribution in [0, 0.1) is 0 Å². The van der Waals surface area contributed by atoms with Crippen molar-refractivity contribution in [2.24, 2.45) is 0 Å². The van der Waals surface area contributed by atoms with E-state index in [0.29, 0.717) is 12.6 Å². The monoisotopic (exact) mass is 281 g/mol. The molecular weight excluding hydrogens is 262 g/mol. The normalized spacial score (nSPS) is 11.2. The van der Waals surface area contributed by atoms with E-state index in [2.05, 4.69) is 40.3 Å². The van der Waals surface area contributed by atoms with Gasteiger partial charge >= 0.3 is 0 Å². The zero-order valence-electron chi connectivity index (χ0n) is 10.3. The second kappa shape index (κ2) is 7.69. The third kappa shape index (κ3) is 3.92. The molecular formula is C14H19NOS2. The molecule has 0 atom stereocenters. The number of aliphatic hydroxyl groups excluding tert-OH is 1. The van der Waals surface area contributed by atoms with Gasteiger partial charge in [0.2, 0.25) is 0 Å². The molecule has 0 bridgehead atoms. The van der Waals surface area contributed by atoms with Crippen LogP contribution in [0.2, 0.25) is 0 Å². The number of hydrogen-bond donors (Lipinski definition) is 2. The van der Waals surface area contributed by atoms with Crippen molar-refractivity contribution in [1.82, 2.24) is 5.32 Å². The molecule has 0 radical (unpaired) electrons. The first-order valence-corrected chi connectivity index (χ1v) is 8.09. The minimum Gasteiger partial charge on any atom is -0.396 e. The maximum atomic E-state index is 8.76. The molecule has 18 heavy (non-hydrogen) atoms. The number of aliphatic hydroxyl groups is 1.